The van der Waals surface area contributed by atoms with Crippen molar-refractivity contribution in [2.45, 2.75) is 32.4 Å². The molecule has 2 rings (SSSR count). The highest BCUT2D eigenvalue weighted by atomic mass is 16.4. The largest absolute Gasteiger partial charge is 0.481 e. The van der Waals surface area contributed by atoms with E-state index in [2.05, 4.69) is 5.10 Å². The van der Waals surface area contributed by atoms with E-state index >= 15 is 0 Å². The lowest BCUT2D eigenvalue weighted by Crippen LogP contribution is -2.42. The van der Waals surface area contributed by atoms with Gasteiger partial charge in [-0.3, -0.25) is 14.3 Å². The highest BCUT2D eigenvalue weighted by Gasteiger charge is 2.39. The maximum absolute atomic E-state index is 11.7. The highest BCUT2D eigenvalue weighted by molar-refractivity contribution is 5.81. The van der Waals surface area contributed by atoms with E-state index in [1.807, 2.05) is 13.1 Å². The van der Waals surface area contributed by atoms with Crippen LogP contribution in [0, 0.1) is 5.92 Å². The van der Waals surface area contributed by atoms with Gasteiger partial charge in [0.05, 0.1) is 18.2 Å². The van der Waals surface area contributed by atoms with E-state index < -0.39 is 17.9 Å². The number of aromatic nitrogens is 2. The van der Waals surface area contributed by atoms with Crippen molar-refractivity contribution in [3.8, 4) is 0 Å². The zero-order chi connectivity index (χ0) is 13.3. The number of carbonyl (C=O) groups is 2. The fraction of sp³-hybridized carbons (Fsp3) is 0.583. The summed E-state index contributed by atoms with van der Waals surface area (Å²) in [6.45, 7) is 2.68. The van der Waals surface area contributed by atoms with E-state index in [9.17, 15) is 14.7 Å². The minimum Gasteiger partial charge on any atom is -0.481 e. The second kappa shape index (κ2) is 4.80. The number of rotatable bonds is 3. The number of likely N-dealkylation sites (tertiary alicyclic amines) is 1. The predicted molar refractivity (Wildman–Crippen MR) is 63.8 cm³/mol. The van der Waals surface area contributed by atoms with Gasteiger partial charge in [0.25, 0.3) is 0 Å². The summed E-state index contributed by atoms with van der Waals surface area (Å²) >= 11 is 0. The van der Waals surface area contributed by atoms with Crippen LogP contribution in [-0.2, 0) is 16.1 Å². The number of carboxylic acids is 1. The van der Waals surface area contributed by atoms with Gasteiger partial charge in [-0.1, -0.05) is 0 Å². The van der Waals surface area contributed by atoms with Crippen molar-refractivity contribution in [3.63, 3.8) is 0 Å². The topological polar surface area (TPSA) is 75.4 Å². The molecule has 2 heterocycles. The Kier molecular flexibility index (Phi) is 3.36. The van der Waals surface area contributed by atoms with Crippen LogP contribution >= 0.6 is 0 Å². The Morgan fingerprint density at radius 3 is 2.89 bits per heavy atom. The SMILES string of the molecule is CCn1cc([C@H]2[C@@H](C(=O)O)CCC(=O)N2C)cn1. The molecule has 1 aromatic heterocycles. The van der Waals surface area contributed by atoms with Crippen molar-refractivity contribution in [1.29, 1.82) is 0 Å². The van der Waals surface area contributed by atoms with Gasteiger partial charge in [0.2, 0.25) is 5.91 Å². The minimum atomic E-state index is -0.858. The average molecular weight is 251 g/mol. The molecule has 98 valence electrons. The van der Waals surface area contributed by atoms with Crippen LogP contribution in [0.3, 0.4) is 0 Å². The smallest absolute Gasteiger partial charge is 0.308 e. The van der Waals surface area contributed by atoms with Gasteiger partial charge in [-0.05, 0) is 13.3 Å². The number of aryl methyl sites for hydroxylation is 1. The van der Waals surface area contributed by atoms with E-state index in [4.69, 9.17) is 0 Å². The summed E-state index contributed by atoms with van der Waals surface area (Å²) in [5.74, 6) is -1.42. The van der Waals surface area contributed by atoms with Crippen molar-refractivity contribution < 1.29 is 14.7 Å². The molecule has 1 aliphatic heterocycles. The molecule has 1 aliphatic rings. The zero-order valence-electron chi connectivity index (χ0n) is 10.5. The number of amides is 1. The third kappa shape index (κ3) is 2.10. The van der Waals surface area contributed by atoms with Crippen LogP contribution in [0.25, 0.3) is 0 Å². The molecule has 0 aromatic carbocycles. The number of hydrogen-bond acceptors (Lipinski definition) is 3. The normalized spacial score (nSPS) is 24.3. The van der Waals surface area contributed by atoms with Crippen molar-refractivity contribution >= 4 is 11.9 Å². The molecule has 1 N–H and O–H groups in total. The summed E-state index contributed by atoms with van der Waals surface area (Å²) < 4.78 is 1.74. The van der Waals surface area contributed by atoms with Crippen LogP contribution in [0.4, 0.5) is 0 Å². The number of aliphatic carboxylic acids is 1. The lowest BCUT2D eigenvalue weighted by atomic mass is 9.86. The molecule has 0 aliphatic carbocycles. The van der Waals surface area contributed by atoms with E-state index in [1.165, 1.54) is 4.90 Å². The number of carboxylic acid groups (broad SMARTS) is 1. The zero-order valence-corrected chi connectivity index (χ0v) is 10.5. The quantitative estimate of drug-likeness (QED) is 0.866. The molecule has 1 fully saturated rings. The molecular formula is C12H17N3O3. The maximum Gasteiger partial charge on any atom is 0.308 e. The first-order chi connectivity index (χ1) is 8.54. The first-order valence-corrected chi connectivity index (χ1v) is 6.05. The number of nitrogens with zero attached hydrogens (tertiary/aromatic N) is 3. The molecule has 0 saturated carbocycles. The molecule has 2 atom stereocenters. The van der Waals surface area contributed by atoms with Gasteiger partial charge in [-0.25, -0.2) is 0 Å². The number of carbonyl (C=O) groups excluding carboxylic acids is 1. The first kappa shape index (κ1) is 12.6. The molecule has 0 radical (unpaired) electrons. The van der Waals surface area contributed by atoms with Crippen molar-refractivity contribution in [3.05, 3.63) is 18.0 Å². The van der Waals surface area contributed by atoms with Crippen LogP contribution in [0.1, 0.15) is 31.4 Å². The summed E-state index contributed by atoms with van der Waals surface area (Å²) in [6, 6.07) is -0.413. The summed E-state index contributed by atoms with van der Waals surface area (Å²) in [5.41, 5.74) is 0.791. The van der Waals surface area contributed by atoms with Crippen LogP contribution in [0.2, 0.25) is 0 Å². The summed E-state index contributed by atoms with van der Waals surface area (Å²) in [5, 5.41) is 13.4. The van der Waals surface area contributed by atoms with Crippen LogP contribution in [0.15, 0.2) is 12.4 Å². The molecule has 0 unspecified atom stereocenters. The Morgan fingerprint density at radius 2 is 2.33 bits per heavy atom. The van der Waals surface area contributed by atoms with Gasteiger partial charge in [0, 0.05) is 31.8 Å². The van der Waals surface area contributed by atoms with Crippen LogP contribution in [0.5, 0.6) is 0 Å². The fourth-order valence-electron chi connectivity index (χ4n) is 2.46. The Bertz CT molecular complexity index is 469. The molecule has 6 nitrogen and oxygen atoms in total. The summed E-state index contributed by atoms with van der Waals surface area (Å²) in [4.78, 5) is 24.6. The van der Waals surface area contributed by atoms with Gasteiger partial charge >= 0.3 is 5.97 Å². The third-order valence-electron chi connectivity index (χ3n) is 3.50. The second-order valence-corrected chi connectivity index (χ2v) is 4.56. The monoisotopic (exact) mass is 251 g/mol. The fourth-order valence-corrected chi connectivity index (χ4v) is 2.46. The molecule has 1 saturated heterocycles. The van der Waals surface area contributed by atoms with E-state index in [-0.39, 0.29) is 5.91 Å². The second-order valence-electron chi connectivity index (χ2n) is 4.56. The molecule has 1 amide bonds. The van der Waals surface area contributed by atoms with E-state index in [0.717, 1.165) is 12.1 Å². The molecule has 18 heavy (non-hydrogen) atoms. The van der Waals surface area contributed by atoms with Crippen molar-refractivity contribution in [2.24, 2.45) is 5.92 Å². The van der Waals surface area contributed by atoms with Crippen LogP contribution in [-0.4, -0.2) is 38.7 Å². The molecule has 6 heteroatoms. The predicted octanol–water partition coefficient (Wildman–Crippen LogP) is 0.897. The highest BCUT2D eigenvalue weighted by Crippen LogP contribution is 2.35. The van der Waals surface area contributed by atoms with Gasteiger partial charge in [0.1, 0.15) is 0 Å². The maximum atomic E-state index is 11.7. The first-order valence-electron chi connectivity index (χ1n) is 6.05. The number of piperidine rings is 1. The Morgan fingerprint density at radius 1 is 1.61 bits per heavy atom. The van der Waals surface area contributed by atoms with E-state index in [1.54, 1.807) is 17.9 Å². The minimum absolute atomic E-state index is 0.0123. The average Bonchev–Trinajstić information content (AvgIpc) is 2.80. The Balaban J connectivity index is 2.34. The number of hydrogen-bond donors (Lipinski definition) is 1. The molecule has 1 aromatic rings. The van der Waals surface area contributed by atoms with Gasteiger partial charge < -0.3 is 10.0 Å². The standard InChI is InChI=1S/C12H17N3O3/c1-3-15-7-8(6-13-15)11-9(12(17)18)4-5-10(16)14(11)2/h6-7,9,11H,3-5H2,1-2H3,(H,17,18)/t9-,11-/m0/s1. The Hall–Kier alpha value is -1.85. The Labute approximate surface area is 105 Å². The van der Waals surface area contributed by atoms with Gasteiger partial charge in [-0.2, -0.15) is 5.10 Å². The van der Waals surface area contributed by atoms with Crippen molar-refractivity contribution in [2.75, 3.05) is 7.05 Å². The molecular weight excluding hydrogens is 234 g/mol. The van der Waals surface area contributed by atoms with Gasteiger partial charge in [-0.15, -0.1) is 0 Å². The van der Waals surface area contributed by atoms with Gasteiger partial charge in [0.15, 0.2) is 0 Å². The van der Waals surface area contributed by atoms with Crippen LogP contribution < -0.4 is 0 Å². The molecule has 0 spiro atoms. The lowest BCUT2D eigenvalue weighted by Gasteiger charge is -2.36. The lowest BCUT2D eigenvalue weighted by molar-refractivity contribution is -0.150. The summed E-state index contributed by atoms with van der Waals surface area (Å²) in [6.07, 6.45) is 4.15. The third-order valence-corrected chi connectivity index (χ3v) is 3.50. The summed E-state index contributed by atoms with van der Waals surface area (Å²) in [7, 11) is 1.66. The van der Waals surface area contributed by atoms with Crippen molar-refractivity contribution in [1.82, 2.24) is 14.7 Å². The van der Waals surface area contributed by atoms with E-state index in [0.29, 0.717) is 12.8 Å². The molecule has 0 bridgehead atoms.